The van der Waals surface area contributed by atoms with Gasteiger partial charge in [0.25, 0.3) is 5.91 Å². The smallest absolute Gasteiger partial charge is 0.274 e. The van der Waals surface area contributed by atoms with Gasteiger partial charge in [0.15, 0.2) is 5.69 Å². The van der Waals surface area contributed by atoms with E-state index >= 15 is 0 Å². The fraction of sp³-hybridized carbons (Fsp3) is 0.421. The number of hydrogen-bond donors (Lipinski definition) is 2. The van der Waals surface area contributed by atoms with Crippen molar-refractivity contribution in [1.29, 1.82) is 0 Å². The van der Waals surface area contributed by atoms with Gasteiger partial charge in [-0.15, -0.1) is 0 Å². The zero-order chi connectivity index (χ0) is 18.8. The third-order valence-corrected chi connectivity index (χ3v) is 5.18. The van der Waals surface area contributed by atoms with Crippen LogP contribution in [0.5, 0.6) is 0 Å². The highest BCUT2D eigenvalue weighted by molar-refractivity contribution is 5.93. The first kappa shape index (κ1) is 17.5. The number of rotatable bonds is 6. The first-order valence-electron chi connectivity index (χ1n) is 9.10. The van der Waals surface area contributed by atoms with Gasteiger partial charge in [0.2, 0.25) is 0 Å². The summed E-state index contributed by atoms with van der Waals surface area (Å²) in [7, 11) is 1.94. The van der Waals surface area contributed by atoms with Crippen LogP contribution in [0.15, 0.2) is 33.5 Å². The number of aromatic nitrogens is 3. The van der Waals surface area contributed by atoms with E-state index in [-0.39, 0.29) is 11.9 Å². The summed E-state index contributed by atoms with van der Waals surface area (Å²) in [4.78, 5) is 12.5. The predicted octanol–water partition coefficient (Wildman–Crippen LogP) is 1.89. The zero-order valence-corrected chi connectivity index (χ0v) is 15.5. The Balaban J connectivity index is 1.39. The summed E-state index contributed by atoms with van der Waals surface area (Å²) in [6.45, 7) is 3.14. The van der Waals surface area contributed by atoms with Crippen LogP contribution in [0.1, 0.15) is 45.3 Å². The quantitative estimate of drug-likeness (QED) is 0.688. The fourth-order valence-corrected chi connectivity index (χ4v) is 3.39. The zero-order valence-electron chi connectivity index (χ0n) is 15.5. The third-order valence-electron chi connectivity index (χ3n) is 5.18. The number of aryl methyl sites for hydroxylation is 2. The van der Waals surface area contributed by atoms with Gasteiger partial charge in [-0.1, -0.05) is 5.16 Å². The summed E-state index contributed by atoms with van der Waals surface area (Å²) in [5, 5.41) is 14.7. The van der Waals surface area contributed by atoms with Crippen molar-refractivity contribution in [2.75, 3.05) is 0 Å². The van der Waals surface area contributed by atoms with Gasteiger partial charge in [0, 0.05) is 42.9 Å². The second-order valence-corrected chi connectivity index (χ2v) is 6.89. The van der Waals surface area contributed by atoms with Gasteiger partial charge >= 0.3 is 0 Å². The molecule has 142 valence electrons. The van der Waals surface area contributed by atoms with Crippen LogP contribution in [0.4, 0.5) is 0 Å². The Bertz CT molecular complexity index is 925. The summed E-state index contributed by atoms with van der Waals surface area (Å²) in [6, 6.07) is 3.88. The number of amides is 1. The SMILES string of the molecule is Cc1c(CNC2CCc3onc(C(=O)NCc4ccco4)c3C2)cnn1C. The molecule has 0 saturated heterocycles. The Labute approximate surface area is 156 Å². The van der Waals surface area contributed by atoms with E-state index in [1.54, 1.807) is 12.3 Å². The summed E-state index contributed by atoms with van der Waals surface area (Å²) < 4.78 is 12.5. The van der Waals surface area contributed by atoms with Crippen LogP contribution in [0.2, 0.25) is 0 Å². The highest BCUT2D eigenvalue weighted by Crippen LogP contribution is 2.25. The summed E-state index contributed by atoms with van der Waals surface area (Å²) in [6.07, 6.45) is 5.93. The highest BCUT2D eigenvalue weighted by Gasteiger charge is 2.28. The van der Waals surface area contributed by atoms with Gasteiger partial charge in [-0.25, -0.2) is 0 Å². The molecule has 0 radical (unpaired) electrons. The first-order chi connectivity index (χ1) is 13.1. The van der Waals surface area contributed by atoms with Gasteiger partial charge in [-0.3, -0.25) is 9.48 Å². The van der Waals surface area contributed by atoms with Gasteiger partial charge in [-0.05, 0) is 31.9 Å². The standard InChI is InChI=1S/C19H23N5O3/c1-12-13(10-22-24(12)2)9-20-14-5-6-17-16(8-14)18(23-27-17)19(25)21-11-15-4-3-7-26-15/h3-4,7,10,14,20H,5-6,8-9,11H2,1-2H3,(H,21,25). The monoisotopic (exact) mass is 369 g/mol. The van der Waals surface area contributed by atoms with Crippen molar-refractivity contribution in [2.24, 2.45) is 7.05 Å². The molecule has 0 spiro atoms. The molecule has 3 heterocycles. The van der Waals surface area contributed by atoms with Crippen LogP contribution in [0.3, 0.4) is 0 Å². The second-order valence-electron chi connectivity index (χ2n) is 6.89. The topological polar surface area (TPSA) is 98.1 Å². The van der Waals surface area contributed by atoms with E-state index < -0.39 is 0 Å². The van der Waals surface area contributed by atoms with Crippen molar-refractivity contribution in [2.45, 2.75) is 45.3 Å². The van der Waals surface area contributed by atoms with E-state index in [4.69, 9.17) is 8.94 Å². The molecule has 1 aliphatic rings. The van der Waals surface area contributed by atoms with Crippen molar-refractivity contribution in [3.05, 3.63) is 58.6 Å². The molecule has 1 atom stereocenters. The van der Waals surface area contributed by atoms with Crippen molar-refractivity contribution in [3.63, 3.8) is 0 Å². The van der Waals surface area contributed by atoms with Crippen LogP contribution in [0.25, 0.3) is 0 Å². The fourth-order valence-electron chi connectivity index (χ4n) is 3.39. The van der Waals surface area contributed by atoms with E-state index in [0.717, 1.165) is 42.8 Å². The number of fused-ring (bicyclic) bond motifs is 1. The van der Waals surface area contributed by atoms with Crippen LogP contribution < -0.4 is 10.6 Å². The minimum Gasteiger partial charge on any atom is -0.467 e. The molecule has 8 nitrogen and oxygen atoms in total. The lowest BCUT2D eigenvalue weighted by atomic mass is 9.91. The molecule has 1 amide bonds. The molecule has 0 aromatic carbocycles. The first-order valence-corrected chi connectivity index (χ1v) is 9.10. The van der Waals surface area contributed by atoms with Crippen LogP contribution in [-0.2, 0) is 33.0 Å². The molecule has 27 heavy (non-hydrogen) atoms. The molecule has 0 bridgehead atoms. The minimum absolute atomic E-state index is 0.236. The average Bonchev–Trinajstić information content (AvgIpc) is 3.40. The van der Waals surface area contributed by atoms with Crippen molar-refractivity contribution in [3.8, 4) is 0 Å². The number of carbonyl (C=O) groups is 1. The largest absolute Gasteiger partial charge is 0.467 e. The number of hydrogen-bond acceptors (Lipinski definition) is 6. The van der Waals surface area contributed by atoms with Gasteiger partial charge in [0.1, 0.15) is 11.5 Å². The lowest BCUT2D eigenvalue weighted by Crippen LogP contribution is -2.35. The number of nitrogens with zero attached hydrogens (tertiary/aromatic N) is 3. The van der Waals surface area contributed by atoms with Crippen LogP contribution in [0, 0.1) is 6.92 Å². The van der Waals surface area contributed by atoms with Gasteiger partial charge < -0.3 is 19.6 Å². The molecular weight excluding hydrogens is 346 g/mol. The molecule has 0 saturated carbocycles. The normalized spacial score (nSPS) is 16.3. The molecule has 1 unspecified atom stereocenters. The Morgan fingerprint density at radius 3 is 3.04 bits per heavy atom. The Kier molecular flexibility index (Phi) is 4.81. The maximum atomic E-state index is 12.5. The molecule has 4 rings (SSSR count). The molecule has 8 heteroatoms. The van der Waals surface area contributed by atoms with Gasteiger partial charge in [0.05, 0.1) is 19.0 Å². The lowest BCUT2D eigenvalue weighted by molar-refractivity contribution is 0.0938. The Morgan fingerprint density at radius 1 is 1.41 bits per heavy atom. The Hall–Kier alpha value is -2.87. The number of furan rings is 1. The van der Waals surface area contributed by atoms with E-state index in [1.165, 1.54) is 5.56 Å². The minimum atomic E-state index is -0.236. The molecule has 0 fully saturated rings. The van der Waals surface area contributed by atoms with Gasteiger partial charge in [-0.2, -0.15) is 5.10 Å². The van der Waals surface area contributed by atoms with Crippen molar-refractivity contribution in [1.82, 2.24) is 25.6 Å². The summed E-state index contributed by atoms with van der Waals surface area (Å²) >= 11 is 0. The molecule has 2 N–H and O–H groups in total. The predicted molar refractivity (Wildman–Crippen MR) is 97.0 cm³/mol. The molecular formula is C19H23N5O3. The van der Waals surface area contributed by atoms with Crippen molar-refractivity contribution < 1.29 is 13.7 Å². The number of carbonyl (C=O) groups excluding carboxylic acids is 1. The van der Waals surface area contributed by atoms with E-state index in [2.05, 4.69) is 27.8 Å². The third kappa shape index (κ3) is 3.66. The van der Waals surface area contributed by atoms with Crippen LogP contribution >= 0.6 is 0 Å². The number of nitrogens with one attached hydrogen (secondary N) is 2. The highest BCUT2D eigenvalue weighted by atomic mass is 16.5. The molecule has 0 aliphatic heterocycles. The average molecular weight is 369 g/mol. The van der Waals surface area contributed by atoms with E-state index in [1.807, 2.05) is 24.0 Å². The summed E-state index contributed by atoms with van der Waals surface area (Å²) in [5.74, 6) is 1.28. The maximum Gasteiger partial charge on any atom is 0.274 e. The summed E-state index contributed by atoms with van der Waals surface area (Å²) in [5.41, 5.74) is 3.62. The lowest BCUT2D eigenvalue weighted by Gasteiger charge is -2.22. The molecule has 1 aliphatic carbocycles. The Morgan fingerprint density at radius 2 is 2.30 bits per heavy atom. The second kappa shape index (κ2) is 7.40. The van der Waals surface area contributed by atoms with E-state index in [0.29, 0.717) is 18.0 Å². The van der Waals surface area contributed by atoms with Crippen molar-refractivity contribution >= 4 is 5.91 Å². The molecule has 3 aromatic heterocycles. The molecule has 3 aromatic rings. The van der Waals surface area contributed by atoms with E-state index in [9.17, 15) is 4.79 Å². The van der Waals surface area contributed by atoms with Crippen LogP contribution in [-0.4, -0.2) is 26.9 Å². The maximum absolute atomic E-state index is 12.5.